The summed E-state index contributed by atoms with van der Waals surface area (Å²) < 4.78 is 0. The van der Waals surface area contributed by atoms with E-state index in [2.05, 4.69) is 41.1 Å². The molecule has 22 heteroatoms. The lowest BCUT2D eigenvalue weighted by Crippen LogP contribution is -2.45. The zero-order chi connectivity index (χ0) is 46.7. The number of unbranched alkanes of at least 4 members (excludes halogenated alkanes) is 11. The molecule has 0 fully saturated rings. The van der Waals surface area contributed by atoms with Gasteiger partial charge in [-0.05, 0) is 57.8 Å². The first-order chi connectivity index (χ1) is 29.5. The van der Waals surface area contributed by atoms with Gasteiger partial charge in [-0.15, -0.1) is 0 Å². The van der Waals surface area contributed by atoms with Crippen LogP contribution in [0.4, 0.5) is 0 Å². The van der Waals surface area contributed by atoms with E-state index < -0.39 is 110 Å². The number of aliphatic carboxylic acids is 4. The number of amides is 5. The number of aldehydes is 2. The lowest BCUT2D eigenvalue weighted by Gasteiger charge is -2.18. The fourth-order valence-corrected chi connectivity index (χ4v) is 6.37. The number of carboxylic acid groups (broad SMARTS) is 4. The second-order valence-corrected chi connectivity index (χ2v) is 15.3. The van der Waals surface area contributed by atoms with E-state index in [1.807, 2.05) is 0 Å². The smallest absolute Gasteiger partial charge is 0.326 e. The summed E-state index contributed by atoms with van der Waals surface area (Å²) >= 11 is 0. The van der Waals surface area contributed by atoms with Crippen LogP contribution in [0.15, 0.2) is 0 Å². The highest BCUT2D eigenvalue weighted by Gasteiger charge is 2.27. The van der Waals surface area contributed by atoms with Crippen LogP contribution in [0.2, 0.25) is 0 Å². The molecular formula is C40H67N6O15P. The molecule has 4 unspecified atom stereocenters. The number of carbonyl (C=O) groups excluding carboxylic acids is 7. The Bertz CT molecular complexity index is 1450. The molecule has 0 rings (SSSR count). The third-order valence-corrected chi connectivity index (χ3v) is 10.2. The summed E-state index contributed by atoms with van der Waals surface area (Å²) in [7, 11) is 2.25. The summed E-state index contributed by atoms with van der Waals surface area (Å²) in [5.41, 5.74) is 0. The first-order valence-electron chi connectivity index (χ1n) is 21.2. The third-order valence-electron chi connectivity index (χ3n) is 9.79. The standard InChI is InChI=1S/C40H67N6O15P/c47-25-13-9-7-5-3-1-2-4-6-8-10-15-33(50)42-29(38(56)57)17-21-35(52)44-31(40(60)61)19-23-36(53)45-30(39(58)59)18-22-34(51)43-28(37(54)55)16-20-32(49)41-24-12-11-14-27(26-48)46-62/h25-31,46H,1-24,62H2,(H,41,49)(H,42,50)(H,43,51)(H,44,52)(H,45,53)(H,54,55)(H,56,57)(H,58,59)(H,60,61)/t27?,28?,29-,30-,31?/m0/s1. The lowest BCUT2D eigenvalue weighted by molar-refractivity contribution is -0.144. The molecule has 0 aliphatic rings. The highest BCUT2D eigenvalue weighted by atomic mass is 31.0. The van der Waals surface area contributed by atoms with Gasteiger partial charge in [0, 0.05) is 45.1 Å². The van der Waals surface area contributed by atoms with Gasteiger partial charge < -0.3 is 56.6 Å². The molecule has 0 aromatic carbocycles. The number of hydrogen-bond donors (Lipinski definition) is 10. The van der Waals surface area contributed by atoms with Gasteiger partial charge in [-0.3, -0.25) is 29.1 Å². The van der Waals surface area contributed by atoms with Crippen molar-refractivity contribution < 1.29 is 73.2 Å². The van der Waals surface area contributed by atoms with Crippen molar-refractivity contribution in [2.45, 2.75) is 178 Å². The summed E-state index contributed by atoms with van der Waals surface area (Å²) in [5, 5.41) is 52.5. The van der Waals surface area contributed by atoms with Gasteiger partial charge in [0.1, 0.15) is 36.7 Å². The fraction of sp³-hybridized carbons (Fsp3) is 0.725. The maximum atomic E-state index is 12.6. The number of rotatable bonds is 40. The summed E-state index contributed by atoms with van der Waals surface area (Å²) in [6, 6.07) is -6.42. The van der Waals surface area contributed by atoms with Gasteiger partial charge >= 0.3 is 23.9 Å². The highest BCUT2D eigenvalue weighted by Crippen LogP contribution is 2.12. The molecule has 62 heavy (non-hydrogen) atoms. The Morgan fingerprint density at radius 2 is 0.758 bits per heavy atom. The Balaban J connectivity index is 4.69. The topological polar surface area (TPSA) is 341 Å². The van der Waals surface area contributed by atoms with Gasteiger partial charge in [0.05, 0.1) is 6.04 Å². The second-order valence-electron chi connectivity index (χ2n) is 15.0. The Morgan fingerprint density at radius 3 is 1.10 bits per heavy atom. The summed E-state index contributed by atoms with van der Waals surface area (Å²) in [6.45, 7) is 0.297. The molecular weight excluding hydrogens is 835 g/mol. The van der Waals surface area contributed by atoms with Gasteiger partial charge in [-0.25, -0.2) is 19.2 Å². The highest BCUT2D eigenvalue weighted by molar-refractivity contribution is 7.13. The van der Waals surface area contributed by atoms with Crippen LogP contribution < -0.4 is 31.7 Å². The molecule has 0 aromatic heterocycles. The van der Waals surface area contributed by atoms with Crippen molar-refractivity contribution in [3.63, 3.8) is 0 Å². The van der Waals surface area contributed by atoms with Crippen LogP contribution >= 0.6 is 9.39 Å². The zero-order valence-electron chi connectivity index (χ0n) is 35.4. The molecule has 0 aliphatic heterocycles. The normalized spacial score (nSPS) is 13.2. The molecule has 10 N–H and O–H groups in total. The van der Waals surface area contributed by atoms with Gasteiger partial charge in [-0.2, -0.15) is 0 Å². The molecule has 0 heterocycles. The summed E-state index contributed by atoms with van der Waals surface area (Å²) in [5.74, 6) is -9.47. The Kier molecular flexibility index (Phi) is 32.7. The van der Waals surface area contributed by atoms with Crippen molar-refractivity contribution in [3.8, 4) is 0 Å². The molecule has 5 amide bonds. The van der Waals surface area contributed by atoms with Crippen molar-refractivity contribution in [3.05, 3.63) is 0 Å². The predicted molar refractivity (Wildman–Crippen MR) is 226 cm³/mol. The van der Waals surface area contributed by atoms with Crippen molar-refractivity contribution >= 4 is 75.4 Å². The van der Waals surface area contributed by atoms with Gasteiger partial charge in [0.2, 0.25) is 29.5 Å². The molecule has 0 radical (unpaired) electrons. The van der Waals surface area contributed by atoms with Crippen LogP contribution in [0.1, 0.15) is 148 Å². The van der Waals surface area contributed by atoms with Crippen molar-refractivity contribution in [2.75, 3.05) is 6.54 Å². The molecule has 6 atom stereocenters. The largest absolute Gasteiger partial charge is 0.480 e. The average molecular weight is 903 g/mol. The van der Waals surface area contributed by atoms with E-state index in [-0.39, 0.29) is 31.7 Å². The van der Waals surface area contributed by atoms with Crippen molar-refractivity contribution in [1.29, 1.82) is 0 Å². The number of hydrogen-bond acceptors (Lipinski definition) is 12. The van der Waals surface area contributed by atoms with E-state index in [9.17, 15) is 73.2 Å². The average Bonchev–Trinajstić information content (AvgIpc) is 3.22. The van der Waals surface area contributed by atoms with E-state index in [1.165, 1.54) is 0 Å². The van der Waals surface area contributed by atoms with Crippen LogP contribution in [0.3, 0.4) is 0 Å². The predicted octanol–water partition coefficient (Wildman–Crippen LogP) is 1.50. The minimum atomic E-state index is -1.62. The number of carboxylic acids is 4. The zero-order valence-corrected chi connectivity index (χ0v) is 36.5. The summed E-state index contributed by atoms with van der Waals surface area (Å²) in [6.07, 6.45) is 10.5. The van der Waals surface area contributed by atoms with Crippen molar-refractivity contribution in [2.24, 2.45) is 0 Å². The lowest BCUT2D eigenvalue weighted by atomic mass is 10.0. The summed E-state index contributed by atoms with van der Waals surface area (Å²) in [4.78, 5) is 130. The monoisotopic (exact) mass is 902 g/mol. The van der Waals surface area contributed by atoms with Crippen molar-refractivity contribution in [1.82, 2.24) is 31.7 Å². The quantitative estimate of drug-likeness (QED) is 0.0237. The molecule has 352 valence electrons. The van der Waals surface area contributed by atoms with Crippen LogP contribution in [0.25, 0.3) is 0 Å². The molecule has 0 saturated heterocycles. The Morgan fingerprint density at radius 1 is 0.419 bits per heavy atom. The SMILES string of the molecule is O=CCCCCCCCCCCCCC(=O)N[C@@H](CCC(=O)NC(CCC(=O)N[C@@H](CCC(=O)NC(CCC(=O)NCCCCC(C=O)NP)C(=O)O)C(=O)O)C(=O)O)C(=O)O. The molecule has 0 aliphatic carbocycles. The molecule has 21 nitrogen and oxygen atoms in total. The van der Waals surface area contributed by atoms with E-state index in [1.54, 1.807) is 0 Å². The molecule has 0 aromatic rings. The van der Waals surface area contributed by atoms with Crippen LogP contribution in [-0.2, 0) is 52.7 Å². The van der Waals surface area contributed by atoms with E-state index in [4.69, 9.17) is 0 Å². The number of nitrogens with one attached hydrogen (secondary N) is 6. The maximum Gasteiger partial charge on any atom is 0.326 e. The van der Waals surface area contributed by atoms with Crippen LogP contribution in [0.5, 0.6) is 0 Å². The minimum Gasteiger partial charge on any atom is -0.480 e. The first-order valence-corrected chi connectivity index (χ1v) is 21.8. The Hall–Kier alpha value is -5.04. The van der Waals surface area contributed by atoms with Gasteiger partial charge in [0.25, 0.3) is 0 Å². The van der Waals surface area contributed by atoms with E-state index >= 15 is 0 Å². The fourth-order valence-electron chi connectivity index (χ4n) is 6.12. The second kappa shape index (κ2) is 35.5. The number of carbonyl (C=O) groups is 11. The molecule has 0 spiro atoms. The molecule has 0 saturated carbocycles. The first kappa shape index (κ1) is 57.0. The van der Waals surface area contributed by atoms with Gasteiger partial charge in [-0.1, -0.05) is 60.8 Å². The van der Waals surface area contributed by atoms with E-state index in [0.29, 0.717) is 38.6 Å². The van der Waals surface area contributed by atoms with E-state index in [0.717, 1.165) is 70.4 Å². The third kappa shape index (κ3) is 30.1. The Labute approximate surface area is 364 Å². The minimum absolute atomic E-state index is 0.101. The van der Waals surface area contributed by atoms with Crippen LogP contribution in [-0.4, -0.2) is 123 Å². The van der Waals surface area contributed by atoms with Crippen LogP contribution in [0, 0.1) is 0 Å². The maximum absolute atomic E-state index is 12.6. The molecule has 0 bridgehead atoms. The van der Waals surface area contributed by atoms with Gasteiger partial charge in [0.15, 0.2) is 0 Å².